The van der Waals surface area contributed by atoms with E-state index in [1.165, 1.54) is 11.1 Å². The van der Waals surface area contributed by atoms with Crippen molar-refractivity contribution in [2.24, 2.45) is 11.7 Å². The molecule has 9 nitrogen and oxygen atoms in total. The van der Waals surface area contributed by atoms with Crippen molar-refractivity contribution in [1.82, 2.24) is 19.9 Å². The van der Waals surface area contributed by atoms with Crippen LogP contribution >= 0.6 is 0 Å². The number of hydrogen-bond acceptors (Lipinski definition) is 8. The molecule has 1 atom stereocenters. The Morgan fingerprint density at radius 2 is 1.77 bits per heavy atom. The number of anilines is 4. The van der Waals surface area contributed by atoms with E-state index in [9.17, 15) is 4.79 Å². The van der Waals surface area contributed by atoms with Crippen molar-refractivity contribution >= 4 is 29.4 Å². The Morgan fingerprint density at radius 1 is 1.07 bits per heavy atom. The van der Waals surface area contributed by atoms with E-state index in [4.69, 9.17) is 15.7 Å². The third kappa shape index (κ3) is 8.14. The summed E-state index contributed by atoms with van der Waals surface area (Å²) >= 11 is 0. The van der Waals surface area contributed by atoms with Gasteiger partial charge in [-0.3, -0.25) is 9.69 Å². The molecule has 1 unspecified atom stereocenters. The molecular formula is C31H46N8O. The van der Waals surface area contributed by atoms with Gasteiger partial charge in [0.05, 0.1) is 0 Å². The van der Waals surface area contributed by atoms with Crippen LogP contribution in [0.5, 0.6) is 0 Å². The van der Waals surface area contributed by atoms with E-state index in [0.29, 0.717) is 35.2 Å². The molecule has 4 rings (SSSR count). The Balaban J connectivity index is 0.00000441. The third-order valence-corrected chi connectivity index (χ3v) is 7.03. The van der Waals surface area contributed by atoms with Crippen molar-refractivity contribution in [3.05, 3.63) is 64.7 Å². The van der Waals surface area contributed by atoms with Crippen molar-refractivity contribution < 1.29 is 4.79 Å². The highest BCUT2D eigenvalue weighted by atomic mass is 16.1. The molecule has 2 heterocycles. The van der Waals surface area contributed by atoms with E-state index in [-0.39, 0.29) is 13.5 Å². The lowest BCUT2D eigenvalue weighted by molar-refractivity contribution is 0.100. The minimum absolute atomic E-state index is 0. The number of primary amides is 1. The number of aromatic nitrogens is 3. The van der Waals surface area contributed by atoms with Gasteiger partial charge in [-0.25, -0.2) is 0 Å². The zero-order chi connectivity index (χ0) is 28.1. The van der Waals surface area contributed by atoms with E-state index >= 15 is 0 Å². The van der Waals surface area contributed by atoms with Crippen LogP contribution in [-0.4, -0.2) is 58.5 Å². The predicted molar refractivity (Wildman–Crippen MR) is 165 cm³/mol. The zero-order valence-electron chi connectivity index (χ0n) is 24.0. The number of amides is 1. The average Bonchev–Trinajstić information content (AvgIpc) is 3.31. The number of benzene rings is 2. The molecule has 1 aliphatic heterocycles. The van der Waals surface area contributed by atoms with Crippen LogP contribution in [0.1, 0.15) is 74.5 Å². The third-order valence-electron chi connectivity index (χ3n) is 7.03. The molecule has 216 valence electrons. The molecule has 1 aromatic heterocycles. The van der Waals surface area contributed by atoms with Gasteiger partial charge in [0, 0.05) is 50.5 Å². The molecule has 1 aliphatic rings. The van der Waals surface area contributed by atoms with Crippen LogP contribution in [0.4, 0.5) is 23.5 Å². The summed E-state index contributed by atoms with van der Waals surface area (Å²) in [4.78, 5) is 30.4. The summed E-state index contributed by atoms with van der Waals surface area (Å²) in [7, 11) is 1.99. The maximum Gasteiger partial charge on any atom is 0.248 e. The second-order valence-electron chi connectivity index (χ2n) is 11.3. The van der Waals surface area contributed by atoms with E-state index < -0.39 is 5.91 Å². The fraction of sp³-hybridized carbons (Fsp3) is 0.484. The van der Waals surface area contributed by atoms with E-state index in [2.05, 4.69) is 72.5 Å². The highest BCUT2D eigenvalue weighted by molar-refractivity contribution is 5.94. The van der Waals surface area contributed by atoms with Gasteiger partial charge in [0.25, 0.3) is 0 Å². The molecule has 0 radical (unpaired) electrons. The zero-order valence-corrected chi connectivity index (χ0v) is 24.0. The number of carbonyl (C=O) groups excluding carboxylic acids is 1. The van der Waals surface area contributed by atoms with Gasteiger partial charge in [-0.2, -0.15) is 15.0 Å². The van der Waals surface area contributed by atoms with Crippen molar-refractivity contribution in [2.45, 2.75) is 67.0 Å². The molecule has 3 aromatic rings. The van der Waals surface area contributed by atoms with Gasteiger partial charge >= 0.3 is 0 Å². The summed E-state index contributed by atoms with van der Waals surface area (Å²) in [5.74, 6) is 2.06. The molecule has 0 bridgehead atoms. The summed E-state index contributed by atoms with van der Waals surface area (Å²) in [5.41, 5.74) is 10.3. The van der Waals surface area contributed by atoms with E-state index in [1.54, 1.807) is 12.1 Å². The number of nitrogens with zero attached hydrogens (tertiary/aromatic N) is 5. The molecule has 0 saturated carbocycles. The van der Waals surface area contributed by atoms with Gasteiger partial charge in [0.15, 0.2) is 0 Å². The van der Waals surface area contributed by atoms with E-state index in [0.717, 1.165) is 43.9 Å². The molecular weight excluding hydrogens is 500 g/mol. The lowest BCUT2D eigenvalue weighted by Crippen LogP contribution is -2.28. The fourth-order valence-corrected chi connectivity index (χ4v) is 4.86. The van der Waals surface area contributed by atoms with Gasteiger partial charge in [0.1, 0.15) is 0 Å². The summed E-state index contributed by atoms with van der Waals surface area (Å²) in [5, 5.41) is 6.84. The number of rotatable bonds is 11. The van der Waals surface area contributed by atoms with Gasteiger partial charge in [-0.05, 0) is 54.0 Å². The van der Waals surface area contributed by atoms with Gasteiger partial charge in [-0.15, -0.1) is 0 Å². The lowest BCUT2D eigenvalue weighted by atomic mass is 10.0. The molecule has 0 aliphatic carbocycles. The predicted octanol–water partition coefficient (Wildman–Crippen LogP) is 5.56. The van der Waals surface area contributed by atoms with Crippen LogP contribution in [0.15, 0.2) is 42.5 Å². The molecule has 4 N–H and O–H groups in total. The maximum absolute atomic E-state index is 11.7. The first-order chi connectivity index (χ1) is 18.6. The van der Waals surface area contributed by atoms with Crippen molar-refractivity contribution in [1.29, 1.82) is 0 Å². The number of nitrogens with two attached hydrogens (primary N) is 1. The van der Waals surface area contributed by atoms with Gasteiger partial charge in [0.2, 0.25) is 23.8 Å². The summed E-state index contributed by atoms with van der Waals surface area (Å²) < 4.78 is 0. The lowest BCUT2D eigenvalue weighted by Gasteiger charge is -2.22. The molecule has 40 heavy (non-hydrogen) atoms. The second kappa shape index (κ2) is 13.6. The van der Waals surface area contributed by atoms with Gasteiger partial charge < -0.3 is 21.3 Å². The Hall–Kier alpha value is -3.72. The summed E-state index contributed by atoms with van der Waals surface area (Å²) in [6.45, 7) is 14.4. The van der Waals surface area contributed by atoms with Crippen LogP contribution in [0, 0.1) is 12.8 Å². The normalized spacial score (nSPS) is 15.2. The first-order valence-corrected chi connectivity index (χ1v) is 13.8. The van der Waals surface area contributed by atoms with Crippen LogP contribution in [0.25, 0.3) is 0 Å². The van der Waals surface area contributed by atoms with Crippen LogP contribution in [-0.2, 0) is 6.54 Å². The van der Waals surface area contributed by atoms with Crippen molar-refractivity contribution in [2.75, 3.05) is 42.2 Å². The average molecular weight is 547 g/mol. The fourth-order valence-electron chi connectivity index (χ4n) is 4.86. The molecule has 1 saturated heterocycles. The second-order valence-corrected chi connectivity index (χ2v) is 11.3. The Kier molecular flexibility index (Phi) is 10.5. The van der Waals surface area contributed by atoms with Crippen LogP contribution < -0.4 is 21.3 Å². The van der Waals surface area contributed by atoms with Crippen molar-refractivity contribution in [3.8, 4) is 0 Å². The summed E-state index contributed by atoms with van der Waals surface area (Å²) in [6.07, 6.45) is 1.01. The van der Waals surface area contributed by atoms with Crippen LogP contribution in [0.3, 0.4) is 0 Å². The number of hydrogen-bond donors (Lipinski definition) is 3. The first kappa shape index (κ1) is 30.8. The highest BCUT2D eigenvalue weighted by Crippen LogP contribution is 2.24. The number of likely N-dealkylation sites (tertiary alicyclic amines) is 1. The number of aryl methyl sites for hydroxylation is 1. The topological polar surface area (TPSA) is 112 Å². The van der Waals surface area contributed by atoms with Gasteiger partial charge in [-0.1, -0.05) is 65.5 Å². The minimum atomic E-state index is -0.477. The Labute approximate surface area is 239 Å². The van der Waals surface area contributed by atoms with E-state index in [1.807, 2.05) is 24.9 Å². The molecule has 1 fully saturated rings. The number of nitrogens with one attached hydrogen (secondary N) is 2. The maximum atomic E-state index is 11.7. The largest absolute Gasteiger partial charge is 0.366 e. The quantitative estimate of drug-likeness (QED) is 0.287. The molecule has 2 aromatic carbocycles. The highest BCUT2D eigenvalue weighted by Gasteiger charge is 2.24. The smallest absolute Gasteiger partial charge is 0.248 e. The Morgan fingerprint density at radius 3 is 2.42 bits per heavy atom. The van der Waals surface area contributed by atoms with Crippen LogP contribution in [0.2, 0.25) is 0 Å². The standard InChI is InChI=1S/C30H42N8O.CH4/c1-19(2)16-37(6)30-35-28(34-29(36-30)33-26-15-24(27(31)39)10-7-21(26)5)32-25-13-14-38(18-25)17-22-8-11-23(12-9-22)20(3)4;/h7-12,15,19-20,25H,13-14,16-18H2,1-6H3,(H2,31,39)(H2,32,33,34,35,36);1H4. The first-order valence-electron chi connectivity index (χ1n) is 13.8. The number of carbonyl (C=O) groups is 1. The molecule has 0 spiro atoms. The SMILES string of the molecule is C.Cc1ccc(C(N)=O)cc1Nc1nc(NC2CCN(Cc3ccc(C(C)C)cc3)C2)nc(N(C)CC(C)C)n1. The molecule has 1 amide bonds. The minimum Gasteiger partial charge on any atom is -0.366 e. The monoisotopic (exact) mass is 546 g/mol. The van der Waals surface area contributed by atoms with Crippen molar-refractivity contribution in [3.63, 3.8) is 0 Å². The Bertz CT molecular complexity index is 1270. The summed E-state index contributed by atoms with van der Waals surface area (Å²) in [6, 6.07) is 14.5. The molecule has 9 heteroatoms.